The van der Waals surface area contributed by atoms with Crippen LogP contribution in [0.15, 0.2) is 24.3 Å². The minimum absolute atomic E-state index is 0.0387. The lowest BCUT2D eigenvalue weighted by atomic mass is 9.82. The highest BCUT2D eigenvalue weighted by atomic mass is 16.5. The van der Waals surface area contributed by atoms with Crippen molar-refractivity contribution in [1.29, 1.82) is 0 Å². The van der Waals surface area contributed by atoms with Gasteiger partial charge in [-0.1, -0.05) is 31.4 Å². The summed E-state index contributed by atoms with van der Waals surface area (Å²) in [6.45, 7) is 3.87. The maximum atomic E-state index is 13.0. The van der Waals surface area contributed by atoms with E-state index in [1.807, 2.05) is 29.2 Å². The van der Waals surface area contributed by atoms with Gasteiger partial charge in [-0.25, -0.2) is 0 Å². The number of carbonyl (C=O) groups is 3. The second-order valence-corrected chi connectivity index (χ2v) is 10.2. The molecule has 1 aromatic carbocycles. The second kappa shape index (κ2) is 11.3. The quantitative estimate of drug-likeness (QED) is 0.610. The number of benzene rings is 1. The predicted octanol–water partition coefficient (Wildman–Crippen LogP) is 4.09. The molecule has 0 spiro atoms. The number of hydrogen-bond acceptors (Lipinski definition) is 4. The summed E-state index contributed by atoms with van der Waals surface area (Å²) in [7, 11) is 0. The van der Waals surface area contributed by atoms with E-state index >= 15 is 0 Å². The first-order valence-corrected chi connectivity index (χ1v) is 12.8. The molecule has 3 fully saturated rings. The number of rotatable bonds is 9. The average molecular weight is 455 g/mol. The third-order valence-corrected chi connectivity index (χ3v) is 7.52. The van der Waals surface area contributed by atoms with E-state index in [4.69, 9.17) is 4.74 Å². The summed E-state index contributed by atoms with van der Waals surface area (Å²) >= 11 is 0. The standard InChI is InChI=1S/C27H38N2O4/c1-19(30)26(21-7-3-2-4-8-21)28-27(32)23-10-5-9-22(15-23)24-11-6-14-29(16-24)25(31)18-33-17-20-12-13-20/h5,9-10,15,20-21,24,26H,2-4,6-8,11-14,16-18H2,1H3,(H,28,32)/t24?,26-/m0/s1. The van der Waals surface area contributed by atoms with E-state index in [9.17, 15) is 14.4 Å². The lowest BCUT2D eigenvalue weighted by molar-refractivity contribution is -0.137. The van der Waals surface area contributed by atoms with Crippen molar-refractivity contribution >= 4 is 17.6 Å². The van der Waals surface area contributed by atoms with Crippen molar-refractivity contribution in [1.82, 2.24) is 10.2 Å². The number of hydrogen-bond donors (Lipinski definition) is 1. The molecule has 0 aromatic heterocycles. The fraction of sp³-hybridized carbons (Fsp3) is 0.667. The Hall–Kier alpha value is -2.21. The van der Waals surface area contributed by atoms with Crippen LogP contribution in [0.25, 0.3) is 0 Å². The Morgan fingerprint density at radius 1 is 1.06 bits per heavy atom. The van der Waals surface area contributed by atoms with Crippen LogP contribution < -0.4 is 5.32 Å². The molecule has 2 amide bonds. The molecule has 3 aliphatic rings. The molecule has 180 valence electrons. The van der Waals surface area contributed by atoms with Gasteiger partial charge in [-0.15, -0.1) is 0 Å². The van der Waals surface area contributed by atoms with Gasteiger partial charge in [-0.05, 0) is 75.0 Å². The van der Waals surface area contributed by atoms with Gasteiger partial charge >= 0.3 is 0 Å². The summed E-state index contributed by atoms with van der Waals surface area (Å²) in [4.78, 5) is 39.8. The van der Waals surface area contributed by atoms with Gasteiger partial charge in [-0.2, -0.15) is 0 Å². The SMILES string of the molecule is CC(=O)[C@H](NC(=O)c1cccc(C2CCCN(C(=O)COCC3CC3)C2)c1)C1CCCCC1. The van der Waals surface area contributed by atoms with E-state index in [0.717, 1.165) is 50.6 Å². The summed E-state index contributed by atoms with van der Waals surface area (Å²) < 4.78 is 5.60. The van der Waals surface area contributed by atoms with Crippen LogP contribution in [0, 0.1) is 11.8 Å². The number of ether oxygens (including phenoxy) is 1. The van der Waals surface area contributed by atoms with Crippen LogP contribution in [-0.2, 0) is 14.3 Å². The molecule has 1 unspecified atom stereocenters. The third kappa shape index (κ3) is 6.66. The maximum absolute atomic E-state index is 13.0. The van der Waals surface area contributed by atoms with Crippen LogP contribution in [0.5, 0.6) is 0 Å². The Morgan fingerprint density at radius 2 is 1.85 bits per heavy atom. The van der Waals surface area contributed by atoms with Gasteiger partial charge in [0.1, 0.15) is 6.61 Å². The molecule has 0 bridgehead atoms. The lowest BCUT2D eigenvalue weighted by Gasteiger charge is -2.33. The van der Waals surface area contributed by atoms with Gasteiger partial charge < -0.3 is 15.0 Å². The van der Waals surface area contributed by atoms with Crippen LogP contribution in [0.3, 0.4) is 0 Å². The summed E-state index contributed by atoms with van der Waals surface area (Å²) in [6, 6.07) is 7.31. The summed E-state index contributed by atoms with van der Waals surface area (Å²) in [5, 5.41) is 3.03. The van der Waals surface area contributed by atoms with Gasteiger partial charge in [0, 0.05) is 24.6 Å². The van der Waals surface area contributed by atoms with Crippen LogP contribution in [0.2, 0.25) is 0 Å². The van der Waals surface area contributed by atoms with E-state index < -0.39 is 6.04 Å². The van der Waals surface area contributed by atoms with E-state index in [-0.39, 0.29) is 36.0 Å². The molecule has 2 atom stereocenters. The molecular formula is C27H38N2O4. The first kappa shape index (κ1) is 23.9. The predicted molar refractivity (Wildman–Crippen MR) is 127 cm³/mol. The number of ketones is 1. The highest BCUT2D eigenvalue weighted by molar-refractivity contribution is 5.97. The molecule has 6 heteroatoms. The Bertz CT molecular complexity index is 844. The normalized spacial score (nSPS) is 22.6. The second-order valence-electron chi connectivity index (χ2n) is 10.2. The Labute approximate surface area is 197 Å². The van der Waals surface area contributed by atoms with Crippen LogP contribution >= 0.6 is 0 Å². The Kier molecular flexibility index (Phi) is 8.18. The monoisotopic (exact) mass is 454 g/mol. The van der Waals surface area contributed by atoms with Gasteiger partial charge in [0.15, 0.2) is 5.78 Å². The number of nitrogens with one attached hydrogen (secondary N) is 1. The molecule has 2 saturated carbocycles. The lowest BCUT2D eigenvalue weighted by Crippen LogP contribution is -2.45. The summed E-state index contributed by atoms with van der Waals surface area (Å²) in [5.41, 5.74) is 1.67. The highest BCUT2D eigenvalue weighted by Gasteiger charge is 2.30. The number of nitrogens with zero attached hydrogens (tertiary/aromatic N) is 1. The maximum Gasteiger partial charge on any atom is 0.251 e. The molecule has 2 aliphatic carbocycles. The zero-order valence-corrected chi connectivity index (χ0v) is 19.9. The zero-order chi connectivity index (χ0) is 23.2. The van der Waals surface area contributed by atoms with Gasteiger partial charge in [0.2, 0.25) is 5.91 Å². The molecule has 1 heterocycles. The van der Waals surface area contributed by atoms with Crippen molar-refractivity contribution in [2.75, 3.05) is 26.3 Å². The highest BCUT2D eigenvalue weighted by Crippen LogP contribution is 2.30. The minimum Gasteiger partial charge on any atom is -0.371 e. The van der Waals surface area contributed by atoms with Crippen LogP contribution in [0.1, 0.15) is 86.6 Å². The Balaban J connectivity index is 1.36. The smallest absolute Gasteiger partial charge is 0.251 e. The number of Topliss-reactive ketones (excluding diaryl/α,β-unsaturated/α-hetero) is 1. The zero-order valence-electron chi connectivity index (χ0n) is 19.9. The van der Waals surface area contributed by atoms with Crippen molar-refractivity contribution in [2.45, 2.75) is 76.7 Å². The van der Waals surface area contributed by atoms with E-state index in [1.54, 1.807) is 6.92 Å². The molecule has 6 nitrogen and oxygen atoms in total. The first-order valence-electron chi connectivity index (χ1n) is 12.8. The van der Waals surface area contributed by atoms with Crippen molar-refractivity contribution < 1.29 is 19.1 Å². The average Bonchev–Trinajstić information content (AvgIpc) is 3.67. The third-order valence-electron chi connectivity index (χ3n) is 7.52. The molecule has 4 rings (SSSR count). The molecular weight excluding hydrogens is 416 g/mol. The van der Waals surface area contributed by atoms with E-state index in [2.05, 4.69) is 5.32 Å². The Morgan fingerprint density at radius 3 is 2.58 bits per heavy atom. The largest absolute Gasteiger partial charge is 0.371 e. The van der Waals surface area contributed by atoms with Gasteiger partial charge in [-0.3, -0.25) is 14.4 Å². The molecule has 1 aromatic rings. The molecule has 33 heavy (non-hydrogen) atoms. The van der Waals surface area contributed by atoms with Crippen LogP contribution in [-0.4, -0.2) is 54.8 Å². The van der Waals surface area contributed by atoms with Crippen molar-refractivity contribution in [3.05, 3.63) is 35.4 Å². The van der Waals surface area contributed by atoms with Crippen molar-refractivity contribution in [2.24, 2.45) is 11.8 Å². The fourth-order valence-corrected chi connectivity index (χ4v) is 5.34. The molecule has 1 saturated heterocycles. The number of likely N-dealkylation sites (tertiary alicyclic amines) is 1. The first-order chi connectivity index (χ1) is 16.0. The summed E-state index contributed by atoms with van der Waals surface area (Å²) in [6.07, 6.45) is 9.85. The molecule has 0 radical (unpaired) electrons. The van der Waals surface area contributed by atoms with Crippen molar-refractivity contribution in [3.8, 4) is 0 Å². The number of piperidine rings is 1. The van der Waals surface area contributed by atoms with Crippen molar-refractivity contribution in [3.63, 3.8) is 0 Å². The number of carbonyl (C=O) groups excluding carboxylic acids is 3. The van der Waals surface area contributed by atoms with E-state index in [0.29, 0.717) is 24.6 Å². The fourth-order valence-electron chi connectivity index (χ4n) is 5.34. The van der Waals surface area contributed by atoms with Crippen LogP contribution in [0.4, 0.5) is 0 Å². The van der Waals surface area contributed by atoms with Gasteiger partial charge in [0.05, 0.1) is 12.6 Å². The van der Waals surface area contributed by atoms with Gasteiger partial charge in [0.25, 0.3) is 5.91 Å². The topological polar surface area (TPSA) is 75.7 Å². The van der Waals surface area contributed by atoms with E-state index in [1.165, 1.54) is 19.3 Å². The molecule has 1 N–H and O–H groups in total. The summed E-state index contributed by atoms with van der Waals surface area (Å²) in [5.74, 6) is 1.02. The molecule has 1 aliphatic heterocycles. The minimum atomic E-state index is -0.403. The number of amides is 2.